The van der Waals surface area contributed by atoms with Crippen molar-refractivity contribution in [3.8, 4) is 11.4 Å². The number of nitrogens with zero attached hydrogens (tertiary/aromatic N) is 2. The molecule has 2 aromatic carbocycles. The number of nitrogens with one attached hydrogen (secondary N) is 1. The molecule has 0 bridgehead atoms. The van der Waals surface area contributed by atoms with Crippen LogP contribution in [-0.4, -0.2) is 16.6 Å². The second-order valence-corrected chi connectivity index (χ2v) is 4.81. The van der Waals surface area contributed by atoms with E-state index in [0.717, 1.165) is 22.6 Å². The lowest BCUT2D eigenvalue weighted by molar-refractivity contribution is 0.959. The standard InChI is InChI=1S/C16H17N3/c1-11-4-9-15-14(10-11)18-16(19(15)3)12-5-7-13(17-2)8-6-12/h4-10,17H,1-3H3. The van der Waals surface area contributed by atoms with E-state index in [1.807, 2.05) is 7.05 Å². The average Bonchev–Trinajstić information content (AvgIpc) is 2.75. The molecule has 1 aromatic heterocycles. The van der Waals surface area contributed by atoms with Crippen LogP contribution in [0.1, 0.15) is 5.56 Å². The molecule has 0 aliphatic rings. The predicted octanol–water partition coefficient (Wildman–Crippen LogP) is 3.59. The predicted molar refractivity (Wildman–Crippen MR) is 80.4 cm³/mol. The summed E-state index contributed by atoms with van der Waals surface area (Å²) in [5.41, 5.74) is 5.70. The summed E-state index contributed by atoms with van der Waals surface area (Å²) in [5, 5.41) is 3.13. The van der Waals surface area contributed by atoms with Gasteiger partial charge in [0, 0.05) is 25.3 Å². The van der Waals surface area contributed by atoms with Gasteiger partial charge in [-0.25, -0.2) is 4.98 Å². The third kappa shape index (κ3) is 1.97. The van der Waals surface area contributed by atoms with Gasteiger partial charge in [0.2, 0.25) is 0 Å². The first kappa shape index (κ1) is 11.8. The van der Waals surface area contributed by atoms with Crippen molar-refractivity contribution in [1.82, 2.24) is 9.55 Å². The molecule has 3 heteroatoms. The third-order valence-electron chi connectivity index (χ3n) is 3.47. The van der Waals surface area contributed by atoms with E-state index in [1.54, 1.807) is 0 Å². The Balaban J connectivity index is 2.15. The summed E-state index contributed by atoms with van der Waals surface area (Å²) >= 11 is 0. The maximum absolute atomic E-state index is 4.74. The van der Waals surface area contributed by atoms with Crippen LogP contribution in [-0.2, 0) is 7.05 Å². The van der Waals surface area contributed by atoms with Crippen LogP contribution in [0.25, 0.3) is 22.4 Å². The van der Waals surface area contributed by atoms with Crippen molar-refractivity contribution >= 4 is 16.7 Å². The number of rotatable bonds is 2. The molecule has 0 aliphatic carbocycles. The maximum atomic E-state index is 4.74. The molecule has 19 heavy (non-hydrogen) atoms. The highest BCUT2D eigenvalue weighted by atomic mass is 15.1. The molecule has 3 nitrogen and oxygen atoms in total. The monoisotopic (exact) mass is 251 g/mol. The molecule has 0 amide bonds. The van der Waals surface area contributed by atoms with Gasteiger partial charge >= 0.3 is 0 Å². The number of aromatic nitrogens is 2. The zero-order valence-corrected chi connectivity index (χ0v) is 11.4. The first-order chi connectivity index (χ1) is 9.19. The molecule has 3 rings (SSSR count). The van der Waals surface area contributed by atoms with Crippen molar-refractivity contribution in [1.29, 1.82) is 0 Å². The van der Waals surface area contributed by atoms with E-state index in [2.05, 4.69) is 66.3 Å². The van der Waals surface area contributed by atoms with Crippen molar-refractivity contribution in [2.45, 2.75) is 6.92 Å². The van der Waals surface area contributed by atoms with E-state index < -0.39 is 0 Å². The molecule has 1 heterocycles. The lowest BCUT2D eigenvalue weighted by Gasteiger charge is -2.04. The van der Waals surface area contributed by atoms with Crippen molar-refractivity contribution < 1.29 is 0 Å². The van der Waals surface area contributed by atoms with Gasteiger partial charge in [-0.3, -0.25) is 0 Å². The molecule has 0 spiro atoms. The number of anilines is 1. The van der Waals surface area contributed by atoms with E-state index in [9.17, 15) is 0 Å². The van der Waals surface area contributed by atoms with E-state index in [4.69, 9.17) is 4.98 Å². The Morgan fingerprint density at radius 3 is 2.47 bits per heavy atom. The molecule has 1 N–H and O–H groups in total. The SMILES string of the molecule is CNc1ccc(-c2nc3cc(C)ccc3n2C)cc1. The quantitative estimate of drug-likeness (QED) is 0.754. The van der Waals surface area contributed by atoms with Crippen molar-refractivity contribution in [3.05, 3.63) is 48.0 Å². The van der Waals surface area contributed by atoms with Crippen molar-refractivity contribution in [2.75, 3.05) is 12.4 Å². The van der Waals surface area contributed by atoms with Crippen LogP contribution in [0.3, 0.4) is 0 Å². The molecule has 0 radical (unpaired) electrons. The zero-order chi connectivity index (χ0) is 13.4. The van der Waals surface area contributed by atoms with Crippen molar-refractivity contribution in [3.63, 3.8) is 0 Å². The normalized spacial score (nSPS) is 10.9. The fraction of sp³-hybridized carbons (Fsp3) is 0.188. The van der Waals surface area contributed by atoms with E-state index >= 15 is 0 Å². The second kappa shape index (κ2) is 4.43. The highest BCUT2D eigenvalue weighted by molar-refractivity contribution is 5.81. The third-order valence-corrected chi connectivity index (χ3v) is 3.47. The maximum Gasteiger partial charge on any atom is 0.140 e. The molecular formula is C16H17N3. The topological polar surface area (TPSA) is 29.9 Å². The molecule has 0 atom stereocenters. The minimum atomic E-state index is 1.00. The molecule has 0 saturated carbocycles. The minimum Gasteiger partial charge on any atom is -0.388 e. The highest BCUT2D eigenvalue weighted by Gasteiger charge is 2.09. The van der Waals surface area contributed by atoms with Crippen LogP contribution in [0.2, 0.25) is 0 Å². The Labute approximate surface area is 112 Å². The smallest absolute Gasteiger partial charge is 0.140 e. The Hall–Kier alpha value is -2.29. The van der Waals surface area contributed by atoms with Gasteiger partial charge in [0.15, 0.2) is 0 Å². The first-order valence-corrected chi connectivity index (χ1v) is 6.40. The fourth-order valence-electron chi connectivity index (χ4n) is 2.35. The van der Waals surface area contributed by atoms with E-state index in [0.29, 0.717) is 0 Å². The van der Waals surface area contributed by atoms with Gasteiger partial charge in [-0.1, -0.05) is 6.07 Å². The number of benzene rings is 2. The molecule has 96 valence electrons. The fourth-order valence-corrected chi connectivity index (χ4v) is 2.35. The van der Waals surface area contributed by atoms with Crippen molar-refractivity contribution in [2.24, 2.45) is 7.05 Å². The van der Waals surface area contributed by atoms with E-state index in [1.165, 1.54) is 11.1 Å². The van der Waals surface area contributed by atoms with Gasteiger partial charge in [-0.05, 0) is 48.9 Å². The van der Waals surface area contributed by atoms with Crippen LogP contribution in [0.15, 0.2) is 42.5 Å². The molecule has 0 aliphatic heterocycles. The van der Waals surface area contributed by atoms with Gasteiger partial charge in [0.1, 0.15) is 5.82 Å². The lowest BCUT2D eigenvalue weighted by atomic mass is 10.2. The Kier molecular flexibility index (Phi) is 2.75. The largest absolute Gasteiger partial charge is 0.388 e. The summed E-state index contributed by atoms with van der Waals surface area (Å²) in [5.74, 6) is 1.00. The molecule has 0 fully saturated rings. The lowest BCUT2D eigenvalue weighted by Crippen LogP contribution is -1.93. The molecule has 0 unspecified atom stereocenters. The Morgan fingerprint density at radius 2 is 1.79 bits per heavy atom. The molecule has 0 saturated heterocycles. The van der Waals surface area contributed by atoms with Gasteiger partial charge in [0.05, 0.1) is 11.0 Å². The number of hydrogen-bond acceptors (Lipinski definition) is 2. The van der Waals surface area contributed by atoms with Gasteiger partial charge in [0.25, 0.3) is 0 Å². The zero-order valence-electron chi connectivity index (χ0n) is 11.4. The van der Waals surface area contributed by atoms with Crippen LogP contribution < -0.4 is 5.32 Å². The Bertz CT molecular complexity index is 724. The summed E-state index contributed by atoms with van der Waals surface area (Å²) in [4.78, 5) is 4.74. The summed E-state index contributed by atoms with van der Waals surface area (Å²) in [6.45, 7) is 2.09. The number of fused-ring (bicyclic) bond motifs is 1. The minimum absolute atomic E-state index is 1.00. The van der Waals surface area contributed by atoms with E-state index in [-0.39, 0.29) is 0 Å². The summed E-state index contributed by atoms with van der Waals surface area (Å²) in [6.07, 6.45) is 0. The summed E-state index contributed by atoms with van der Waals surface area (Å²) in [6, 6.07) is 14.7. The van der Waals surface area contributed by atoms with Crippen LogP contribution in [0.4, 0.5) is 5.69 Å². The summed E-state index contributed by atoms with van der Waals surface area (Å²) < 4.78 is 2.14. The highest BCUT2D eigenvalue weighted by Crippen LogP contribution is 2.25. The molecular weight excluding hydrogens is 234 g/mol. The number of imidazole rings is 1. The van der Waals surface area contributed by atoms with Gasteiger partial charge in [-0.2, -0.15) is 0 Å². The summed E-state index contributed by atoms with van der Waals surface area (Å²) in [7, 11) is 3.98. The number of aryl methyl sites for hydroxylation is 2. The molecule has 3 aromatic rings. The van der Waals surface area contributed by atoms with Gasteiger partial charge in [-0.15, -0.1) is 0 Å². The van der Waals surface area contributed by atoms with Gasteiger partial charge < -0.3 is 9.88 Å². The van der Waals surface area contributed by atoms with Crippen LogP contribution >= 0.6 is 0 Å². The first-order valence-electron chi connectivity index (χ1n) is 6.40. The van der Waals surface area contributed by atoms with Crippen LogP contribution in [0.5, 0.6) is 0 Å². The average molecular weight is 251 g/mol. The second-order valence-electron chi connectivity index (χ2n) is 4.81. The Morgan fingerprint density at radius 1 is 1.05 bits per heavy atom. The number of hydrogen-bond donors (Lipinski definition) is 1. The van der Waals surface area contributed by atoms with Crippen LogP contribution in [0, 0.1) is 6.92 Å².